The lowest BCUT2D eigenvalue weighted by molar-refractivity contribution is -0.132. The normalized spacial score (nSPS) is 18.1. The molecular weight excluding hydrogens is 204 g/mol. The first-order valence-electron chi connectivity index (χ1n) is 5.69. The Bertz CT molecular complexity index is 279. The molecule has 0 aromatic carbocycles. The van der Waals surface area contributed by atoms with Crippen LogP contribution in [0.4, 0.5) is 0 Å². The number of unbranched alkanes of at least 4 members (excludes halogenated alkanes) is 2. The number of allylic oxidation sites excluding steroid dienone is 2. The summed E-state index contributed by atoms with van der Waals surface area (Å²) in [5.74, 6) is 0.562. The summed E-state index contributed by atoms with van der Waals surface area (Å²) >= 11 is 0. The number of hydrogen-bond donors (Lipinski definition) is 0. The second kappa shape index (κ2) is 6.61. The molecule has 0 aromatic rings. The minimum Gasteiger partial charge on any atom is -0.423 e. The number of ether oxygens (including phenoxy) is 1. The van der Waals surface area contributed by atoms with Gasteiger partial charge in [0.25, 0.3) is 10.2 Å². The third-order valence-electron chi connectivity index (χ3n) is 2.59. The van der Waals surface area contributed by atoms with Gasteiger partial charge in [-0.15, -0.1) is 0 Å². The van der Waals surface area contributed by atoms with Gasteiger partial charge < -0.3 is 4.74 Å². The number of esters is 1. The average molecular weight is 223 g/mol. The predicted octanol–water partition coefficient (Wildman–Crippen LogP) is 2.38. The monoisotopic (exact) mass is 223 g/mol. The lowest BCUT2D eigenvalue weighted by Gasteiger charge is -2.06. The molecule has 0 fully saturated rings. The van der Waals surface area contributed by atoms with Crippen molar-refractivity contribution in [2.45, 2.75) is 45.1 Å². The summed E-state index contributed by atoms with van der Waals surface area (Å²) in [5.41, 5.74) is 1.27. The molecule has 1 rings (SSSR count). The fraction of sp³-hybridized carbons (Fsp3) is 0.583. The molecule has 0 amide bonds. The van der Waals surface area contributed by atoms with Crippen molar-refractivity contribution in [3.05, 3.63) is 23.5 Å². The van der Waals surface area contributed by atoms with Crippen LogP contribution in [0.3, 0.4) is 0 Å². The molecule has 3 heteroatoms. The zero-order valence-electron chi connectivity index (χ0n) is 9.42. The van der Waals surface area contributed by atoms with E-state index in [-0.39, 0.29) is 5.97 Å². The van der Waals surface area contributed by atoms with E-state index in [1.54, 1.807) is 6.08 Å². The molecule has 82 valence electrons. The molecule has 0 atom stereocenters. The molecule has 1 aliphatic heterocycles. The van der Waals surface area contributed by atoms with Gasteiger partial charge in [0.2, 0.25) is 0 Å². The van der Waals surface area contributed by atoms with Gasteiger partial charge in [-0.25, -0.2) is 4.79 Å². The van der Waals surface area contributed by atoms with E-state index in [0.717, 1.165) is 18.6 Å². The van der Waals surface area contributed by atoms with Crippen LogP contribution >= 0.6 is 0 Å². The van der Waals surface area contributed by atoms with E-state index >= 15 is 0 Å². The maximum atomic E-state index is 10.9. The van der Waals surface area contributed by atoms with Gasteiger partial charge in [0, 0.05) is 6.08 Å². The molecule has 15 heavy (non-hydrogen) atoms. The summed E-state index contributed by atoms with van der Waals surface area (Å²) in [6.45, 7) is 2.11. The number of cyclic esters (lactones) is 1. The molecule has 0 unspecified atom stereocenters. The Morgan fingerprint density at radius 3 is 2.67 bits per heavy atom. The summed E-state index contributed by atoms with van der Waals surface area (Å²) in [7, 11) is 2.03. The van der Waals surface area contributed by atoms with Gasteiger partial charge in [-0.05, 0) is 37.3 Å². The van der Waals surface area contributed by atoms with Crippen molar-refractivity contribution in [2.75, 3.05) is 0 Å². The van der Waals surface area contributed by atoms with Crippen molar-refractivity contribution in [2.24, 2.45) is 0 Å². The topological polar surface area (TPSA) is 26.3 Å². The van der Waals surface area contributed by atoms with Crippen LogP contribution in [0, 0.1) is 0 Å². The highest BCUT2D eigenvalue weighted by atomic mass is 28.1. The Balaban J connectivity index is 2.42. The maximum Gasteiger partial charge on any atom is 0.336 e. The zero-order valence-corrected chi connectivity index (χ0v) is 10.8. The van der Waals surface area contributed by atoms with E-state index in [1.807, 2.05) is 10.2 Å². The van der Waals surface area contributed by atoms with Gasteiger partial charge in [-0.1, -0.05) is 13.3 Å². The minimum atomic E-state index is -0.231. The van der Waals surface area contributed by atoms with Crippen LogP contribution in [0.25, 0.3) is 0 Å². The van der Waals surface area contributed by atoms with Crippen molar-refractivity contribution in [3.63, 3.8) is 0 Å². The smallest absolute Gasteiger partial charge is 0.336 e. The third-order valence-corrected chi connectivity index (χ3v) is 3.09. The van der Waals surface area contributed by atoms with Gasteiger partial charge in [0.1, 0.15) is 5.76 Å². The Hall–Kier alpha value is -0.833. The standard InChI is InChI=1S/C12H19O2Si/c1-2-10(6-4-3-5-9-15)11-7-8-12(13)14-11/h7-8H,2-6,9,15H2,1H3/q+1/b11-10-. The van der Waals surface area contributed by atoms with Crippen LogP contribution in [0.5, 0.6) is 0 Å². The molecule has 0 spiro atoms. The van der Waals surface area contributed by atoms with E-state index in [4.69, 9.17) is 4.74 Å². The van der Waals surface area contributed by atoms with E-state index in [1.165, 1.54) is 37.0 Å². The molecule has 0 N–H and O–H groups in total. The molecular formula is C12H19O2Si+. The van der Waals surface area contributed by atoms with Crippen LogP contribution in [0.15, 0.2) is 23.5 Å². The van der Waals surface area contributed by atoms with Crippen LogP contribution in [0.1, 0.15) is 39.0 Å². The first-order valence-corrected chi connectivity index (χ1v) is 6.69. The van der Waals surface area contributed by atoms with Crippen LogP contribution in [0.2, 0.25) is 6.04 Å². The highest BCUT2D eigenvalue weighted by Gasteiger charge is 2.13. The van der Waals surface area contributed by atoms with Crippen LogP contribution in [-0.2, 0) is 9.53 Å². The fourth-order valence-corrected chi connectivity index (χ4v) is 2.03. The van der Waals surface area contributed by atoms with Crippen molar-refractivity contribution in [1.29, 1.82) is 0 Å². The average Bonchev–Trinajstić information content (AvgIpc) is 2.65. The molecule has 1 heterocycles. The third kappa shape index (κ3) is 4.04. The molecule has 0 bridgehead atoms. The SMILES string of the molecule is CC/C(CCCCC[SiH2+])=C1\C=CC(=O)O1. The van der Waals surface area contributed by atoms with Crippen molar-refractivity contribution in [1.82, 2.24) is 0 Å². The second-order valence-electron chi connectivity index (χ2n) is 3.74. The van der Waals surface area contributed by atoms with Crippen LogP contribution < -0.4 is 0 Å². The minimum absolute atomic E-state index is 0.231. The van der Waals surface area contributed by atoms with Gasteiger partial charge in [0.15, 0.2) is 0 Å². The lowest BCUT2D eigenvalue weighted by atomic mass is 10.0. The highest BCUT2D eigenvalue weighted by molar-refractivity contribution is 6.08. The van der Waals surface area contributed by atoms with Crippen molar-refractivity contribution in [3.8, 4) is 0 Å². The van der Waals surface area contributed by atoms with E-state index in [2.05, 4.69) is 6.92 Å². The van der Waals surface area contributed by atoms with Gasteiger partial charge in [-0.2, -0.15) is 0 Å². The Labute approximate surface area is 94.8 Å². The number of hydrogen-bond acceptors (Lipinski definition) is 2. The van der Waals surface area contributed by atoms with Crippen molar-refractivity contribution >= 4 is 16.2 Å². The number of carbonyl (C=O) groups is 1. The highest BCUT2D eigenvalue weighted by Crippen LogP contribution is 2.22. The summed E-state index contributed by atoms with van der Waals surface area (Å²) in [4.78, 5) is 10.9. The molecule has 0 saturated carbocycles. The molecule has 2 nitrogen and oxygen atoms in total. The number of carbonyl (C=O) groups excluding carboxylic acids is 1. The Morgan fingerprint density at radius 1 is 1.33 bits per heavy atom. The van der Waals surface area contributed by atoms with Gasteiger partial charge in [-0.3, -0.25) is 0 Å². The van der Waals surface area contributed by atoms with Crippen molar-refractivity contribution < 1.29 is 9.53 Å². The van der Waals surface area contributed by atoms with E-state index < -0.39 is 0 Å². The van der Waals surface area contributed by atoms with Gasteiger partial charge >= 0.3 is 5.97 Å². The van der Waals surface area contributed by atoms with E-state index in [9.17, 15) is 4.79 Å². The summed E-state index contributed by atoms with van der Waals surface area (Å²) in [6.07, 6.45) is 9.11. The quantitative estimate of drug-likeness (QED) is 0.392. The number of rotatable bonds is 6. The molecule has 1 aliphatic rings. The summed E-state index contributed by atoms with van der Waals surface area (Å²) in [5, 5.41) is 0. The Kier molecular flexibility index (Phi) is 5.40. The van der Waals surface area contributed by atoms with Crippen LogP contribution in [-0.4, -0.2) is 16.2 Å². The fourth-order valence-electron chi connectivity index (χ4n) is 1.68. The zero-order chi connectivity index (χ0) is 11.1. The lowest BCUT2D eigenvalue weighted by Crippen LogP contribution is -1.95. The molecule has 0 radical (unpaired) electrons. The predicted molar refractivity (Wildman–Crippen MR) is 64.4 cm³/mol. The summed E-state index contributed by atoms with van der Waals surface area (Å²) < 4.78 is 5.10. The van der Waals surface area contributed by atoms with Gasteiger partial charge in [0.05, 0.1) is 6.04 Å². The summed E-state index contributed by atoms with van der Waals surface area (Å²) in [6, 6.07) is 1.28. The second-order valence-corrected chi connectivity index (χ2v) is 4.45. The molecule has 0 aliphatic carbocycles. The Morgan fingerprint density at radius 2 is 2.13 bits per heavy atom. The van der Waals surface area contributed by atoms with E-state index in [0.29, 0.717) is 0 Å². The first kappa shape index (κ1) is 12.2. The molecule has 0 saturated heterocycles. The maximum absolute atomic E-state index is 10.9. The molecule has 0 aromatic heterocycles. The largest absolute Gasteiger partial charge is 0.423 e. The first-order chi connectivity index (χ1) is 7.27.